The lowest BCUT2D eigenvalue weighted by Gasteiger charge is -2.41. The van der Waals surface area contributed by atoms with E-state index >= 15 is 0 Å². The number of nitrogens with zero attached hydrogens (tertiary/aromatic N) is 1. The van der Waals surface area contributed by atoms with Gasteiger partial charge < -0.3 is 20.9 Å². The highest BCUT2D eigenvalue weighted by atomic mass is 16.2. The molecule has 0 spiro atoms. The van der Waals surface area contributed by atoms with E-state index < -0.39 is 5.54 Å². The average Bonchev–Trinajstić information content (AvgIpc) is 3.44. The molecule has 2 heterocycles. The van der Waals surface area contributed by atoms with E-state index in [4.69, 9.17) is 0 Å². The minimum Gasteiger partial charge on any atom is -0.327 e. The number of anilines is 2. The first-order valence-corrected chi connectivity index (χ1v) is 11.2. The molecule has 4 rings (SSSR count). The third-order valence-electron chi connectivity index (χ3n) is 6.33. The summed E-state index contributed by atoms with van der Waals surface area (Å²) >= 11 is 0. The van der Waals surface area contributed by atoms with Gasteiger partial charge in [-0.3, -0.25) is 14.4 Å². The van der Waals surface area contributed by atoms with E-state index in [-0.39, 0.29) is 23.8 Å². The van der Waals surface area contributed by atoms with E-state index in [1.165, 1.54) is 13.8 Å². The van der Waals surface area contributed by atoms with Gasteiger partial charge in [0, 0.05) is 31.8 Å². The molecule has 0 unspecified atom stereocenters. The molecule has 2 fully saturated rings. The predicted molar refractivity (Wildman–Crippen MR) is 124 cm³/mol. The van der Waals surface area contributed by atoms with Crippen molar-refractivity contribution in [1.82, 2.24) is 10.2 Å². The van der Waals surface area contributed by atoms with Gasteiger partial charge in [0.25, 0.3) is 0 Å². The van der Waals surface area contributed by atoms with Gasteiger partial charge >= 0.3 is 0 Å². The van der Waals surface area contributed by atoms with Crippen molar-refractivity contribution in [3.05, 3.63) is 59.7 Å². The van der Waals surface area contributed by atoms with Crippen molar-refractivity contribution >= 4 is 29.1 Å². The van der Waals surface area contributed by atoms with Crippen LogP contribution in [0.5, 0.6) is 0 Å². The maximum Gasteiger partial charge on any atom is 0.240 e. The van der Waals surface area contributed by atoms with Gasteiger partial charge in [-0.25, -0.2) is 0 Å². The first-order valence-electron chi connectivity index (χ1n) is 11.2. The van der Waals surface area contributed by atoms with E-state index in [0.29, 0.717) is 17.9 Å². The number of rotatable bonds is 5. The van der Waals surface area contributed by atoms with Crippen molar-refractivity contribution in [1.29, 1.82) is 0 Å². The van der Waals surface area contributed by atoms with E-state index in [1.54, 1.807) is 0 Å². The smallest absolute Gasteiger partial charge is 0.240 e. The van der Waals surface area contributed by atoms with Crippen LogP contribution < -0.4 is 16.0 Å². The van der Waals surface area contributed by atoms with E-state index in [0.717, 1.165) is 43.4 Å². The highest BCUT2D eigenvalue weighted by Crippen LogP contribution is 2.46. The summed E-state index contributed by atoms with van der Waals surface area (Å²) in [5.41, 5.74) is 2.63. The van der Waals surface area contributed by atoms with Crippen molar-refractivity contribution in [2.45, 2.75) is 51.1 Å². The molecule has 0 aliphatic carbocycles. The van der Waals surface area contributed by atoms with Gasteiger partial charge in [-0.2, -0.15) is 0 Å². The number of hydrogen-bond donors (Lipinski definition) is 3. The summed E-state index contributed by atoms with van der Waals surface area (Å²) in [5, 5.41) is 9.07. The highest BCUT2D eigenvalue weighted by molar-refractivity contribution is 5.90. The van der Waals surface area contributed by atoms with Crippen LogP contribution in [0.2, 0.25) is 0 Å². The standard InChI is InChI=1S/C25H30N4O3/c1-17(30)27-21-9-3-7-19(15-21)25(20-8-4-10-22(16-20)28-18(2)31)12-6-14-29(25)24(32)23-11-5-13-26-23/h3-4,7-10,15-16,23,26H,5-6,11-14H2,1-2H3,(H,27,30)(H,28,31)/t23-/m0/s1. The Morgan fingerprint density at radius 3 is 2.03 bits per heavy atom. The van der Waals surface area contributed by atoms with Crippen molar-refractivity contribution < 1.29 is 14.4 Å². The van der Waals surface area contributed by atoms with Gasteiger partial charge in [-0.15, -0.1) is 0 Å². The molecule has 0 aromatic heterocycles. The predicted octanol–water partition coefficient (Wildman–Crippen LogP) is 3.22. The Balaban J connectivity index is 1.84. The van der Waals surface area contributed by atoms with E-state index in [9.17, 15) is 14.4 Å². The average molecular weight is 435 g/mol. The largest absolute Gasteiger partial charge is 0.327 e. The zero-order valence-electron chi connectivity index (χ0n) is 18.6. The monoisotopic (exact) mass is 434 g/mol. The fourth-order valence-electron chi connectivity index (χ4n) is 5.08. The number of amides is 3. The zero-order chi connectivity index (χ0) is 22.7. The molecule has 2 aliphatic rings. The molecular formula is C25H30N4O3. The van der Waals surface area contributed by atoms with Crippen molar-refractivity contribution in [2.24, 2.45) is 0 Å². The molecule has 0 bridgehead atoms. The maximum atomic E-state index is 13.7. The summed E-state index contributed by atoms with van der Waals surface area (Å²) in [6.45, 7) is 4.48. The molecule has 3 N–H and O–H groups in total. The Hall–Kier alpha value is -3.19. The third kappa shape index (κ3) is 4.25. The summed E-state index contributed by atoms with van der Waals surface area (Å²) in [6.07, 6.45) is 3.46. The van der Waals surface area contributed by atoms with Crippen LogP contribution in [-0.4, -0.2) is 41.8 Å². The number of nitrogens with one attached hydrogen (secondary N) is 3. The van der Waals surface area contributed by atoms with Gasteiger partial charge in [-0.1, -0.05) is 24.3 Å². The fourth-order valence-corrected chi connectivity index (χ4v) is 5.08. The molecule has 2 aromatic rings. The van der Waals surface area contributed by atoms with Crippen molar-refractivity contribution in [3.8, 4) is 0 Å². The number of benzene rings is 2. The molecule has 2 aromatic carbocycles. The minimum absolute atomic E-state index is 0.106. The molecule has 32 heavy (non-hydrogen) atoms. The first-order chi connectivity index (χ1) is 15.4. The van der Waals surface area contributed by atoms with Crippen LogP contribution >= 0.6 is 0 Å². The quantitative estimate of drug-likeness (QED) is 0.674. The summed E-state index contributed by atoms with van der Waals surface area (Å²) in [4.78, 5) is 39.0. The van der Waals surface area contributed by atoms with Gasteiger partial charge in [0.05, 0.1) is 11.6 Å². The van der Waals surface area contributed by atoms with Gasteiger partial charge in [0.2, 0.25) is 17.7 Å². The Morgan fingerprint density at radius 1 is 0.938 bits per heavy atom. The highest BCUT2D eigenvalue weighted by Gasteiger charge is 2.48. The van der Waals surface area contributed by atoms with Crippen LogP contribution in [0.4, 0.5) is 11.4 Å². The Kier molecular flexibility index (Phi) is 6.28. The molecule has 1 atom stereocenters. The summed E-state index contributed by atoms with van der Waals surface area (Å²) < 4.78 is 0. The molecule has 7 heteroatoms. The van der Waals surface area contributed by atoms with Crippen molar-refractivity contribution in [2.75, 3.05) is 23.7 Å². The molecule has 7 nitrogen and oxygen atoms in total. The van der Waals surface area contributed by atoms with Gasteiger partial charge in [-0.05, 0) is 67.6 Å². The van der Waals surface area contributed by atoms with E-state index in [1.807, 2.05) is 53.4 Å². The lowest BCUT2D eigenvalue weighted by atomic mass is 9.79. The topological polar surface area (TPSA) is 90.5 Å². The number of carbonyl (C=O) groups excluding carboxylic acids is 3. The maximum absolute atomic E-state index is 13.7. The first kappa shape index (κ1) is 22.0. The van der Waals surface area contributed by atoms with Crippen LogP contribution in [-0.2, 0) is 19.9 Å². The lowest BCUT2D eigenvalue weighted by Crippen LogP contribution is -2.51. The van der Waals surface area contributed by atoms with Crippen LogP contribution in [0.3, 0.4) is 0 Å². The molecule has 2 aliphatic heterocycles. The number of hydrogen-bond acceptors (Lipinski definition) is 4. The van der Waals surface area contributed by atoms with Crippen LogP contribution in [0.1, 0.15) is 50.7 Å². The molecule has 3 amide bonds. The Bertz CT molecular complexity index is 970. The minimum atomic E-state index is -0.676. The molecular weight excluding hydrogens is 404 g/mol. The number of likely N-dealkylation sites (tertiary alicyclic amines) is 1. The van der Waals surface area contributed by atoms with Crippen LogP contribution in [0.15, 0.2) is 48.5 Å². The van der Waals surface area contributed by atoms with Crippen molar-refractivity contribution in [3.63, 3.8) is 0 Å². The summed E-state index contributed by atoms with van der Waals surface area (Å²) in [6, 6.07) is 15.3. The molecule has 168 valence electrons. The SMILES string of the molecule is CC(=O)Nc1cccc(C2(c3cccc(NC(C)=O)c3)CCCN2C(=O)[C@@H]2CCCN2)c1. The summed E-state index contributed by atoms with van der Waals surface area (Å²) in [5.74, 6) is -0.174. The Labute approximate surface area is 188 Å². The molecule has 0 saturated carbocycles. The molecule has 2 saturated heterocycles. The second-order valence-corrected chi connectivity index (χ2v) is 8.63. The molecule has 0 radical (unpaired) electrons. The lowest BCUT2D eigenvalue weighted by molar-refractivity contribution is -0.136. The zero-order valence-corrected chi connectivity index (χ0v) is 18.6. The second-order valence-electron chi connectivity index (χ2n) is 8.63. The second kappa shape index (κ2) is 9.12. The van der Waals surface area contributed by atoms with Gasteiger partial charge in [0.1, 0.15) is 0 Å². The van der Waals surface area contributed by atoms with Crippen LogP contribution in [0.25, 0.3) is 0 Å². The third-order valence-corrected chi connectivity index (χ3v) is 6.33. The fraction of sp³-hybridized carbons (Fsp3) is 0.400. The summed E-state index contributed by atoms with van der Waals surface area (Å²) in [7, 11) is 0. The Morgan fingerprint density at radius 2 is 1.53 bits per heavy atom. The van der Waals surface area contributed by atoms with E-state index in [2.05, 4.69) is 16.0 Å². The van der Waals surface area contributed by atoms with Crippen LogP contribution in [0, 0.1) is 0 Å². The van der Waals surface area contributed by atoms with Gasteiger partial charge in [0.15, 0.2) is 0 Å². The normalized spacial score (nSPS) is 19.6. The number of carbonyl (C=O) groups is 3.